The summed E-state index contributed by atoms with van der Waals surface area (Å²) < 4.78 is 1.14. The van der Waals surface area contributed by atoms with E-state index in [-0.39, 0.29) is 30.7 Å². The molecule has 2 aliphatic rings. The summed E-state index contributed by atoms with van der Waals surface area (Å²) in [5, 5.41) is 5.33. The van der Waals surface area contributed by atoms with Crippen molar-refractivity contribution in [3.8, 4) is 0 Å². The summed E-state index contributed by atoms with van der Waals surface area (Å²) in [6.07, 6.45) is 4.26. The summed E-state index contributed by atoms with van der Waals surface area (Å²) in [7, 11) is 0. The third kappa shape index (κ3) is 4.73. The highest BCUT2D eigenvalue weighted by Gasteiger charge is 2.24. The number of rotatable bonds is 5. The van der Waals surface area contributed by atoms with E-state index in [4.69, 9.17) is 0 Å². The van der Waals surface area contributed by atoms with Crippen LogP contribution in [0.15, 0.2) is 17.8 Å². The Bertz CT molecular complexity index is 701. The molecule has 0 aromatic carbocycles. The molecule has 1 aliphatic heterocycles. The van der Waals surface area contributed by atoms with Gasteiger partial charge < -0.3 is 15.1 Å². The molecule has 3 heterocycles. The fourth-order valence-corrected chi connectivity index (χ4v) is 3.85. The van der Waals surface area contributed by atoms with Crippen molar-refractivity contribution in [2.75, 3.05) is 44.2 Å². The van der Waals surface area contributed by atoms with Gasteiger partial charge in [0.05, 0.1) is 16.8 Å². The Labute approximate surface area is 163 Å². The number of aromatic nitrogens is 2. The monoisotopic (exact) mass is 403 g/mol. The van der Waals surface area contributed by atoms with E-state index in [1.165, 1.54) is 12.8 Å². The number of hydrogen-bond donors (Lipinski definition) is 1. The molecule has 2 aromatic rings. The minimum atomic E-state index is 0. The fraction of sp³-hybridized carbons (Fsp3) is 0.562. The van der Waals surface area contributed by atoms with Crippen molar-refractivity contribution in [1.82, 2.24) is 20.2 Å². The van der Waals surface area contributed by atoms with E-state index < -0.39 is 0 Å². The summed E-state index contributed by atoms with van der Waals surface area (Å²) >= 11 is 1.68. The number of carbonyl (C=O) groups excluding carboxylic acids is 1. The highest BCUT2D eigenvalue weighted by Crippen LogP contribution is 2.28. The number of thiophene rings is 1. The number of fused-ring (bicyclic) bond motifs is 1. The standard InChI is InChI=1S/C16H21N5OS.2ClH/c22-14(10-17-9-12-1-2-12)20-4-6-21(7-5-20)16-15-13(3-8-23-15)18-11-19-16;;/h3,8,11-12,17H,1-2,4-7,9-10H2;2*1H. The number of hydrogen-bond acceptors (Lipinski definition) is 6. The highest BCUT2D eigenvalue weighted by atomic mass is 35.5. The van der Waals surface area contributed by atoms with Gasteiger partial charge in [-0.2, -0.15) is 0 Å². The van der Waals surface area contributed by atoms with Gasteiger partial charge in [-0.05, 0) is 36.8 Å². The molecule has 4 rings (SSSR count). The van der Waals surface area contributed by atoms with Crippen LogP contribution in [0, 0.1) is 5.92 Å². The molecule has 2 aromatic heterocycles. The molecule has 138 valence electrons. The van der Waals surface area contributed by atoms with E-state index in [0.717, 1.165) is 54.7 Å². The summed E-state index contributed by atoms with van der Waals surface area (Å²) in [4.78, 5) is 25.2. The van der Waals surface area contributed by atoms with Gasteiger partial charge in [-0.15, -0.1) is 36.2 Å². The Morgan fingerprint density at radius 1 is 1.20 bits per heavy atom. The number of nitrogens with zero attached hydrogens (tertiary/aromatic N) is 4. The lowest BCUT2D eigenvalue weighted by molar-refractivity contribution is -0.130. The van der Waals surface area contributed by atoms with Gasteiger partial charge in [-0.25, -0.2) is 9.97 Å². The second kappa shape index (κ2) is 8.98. The predicted octanol–water partition coefficient (Wildman–Crippen LogP) is 2.18. The molecule has 0 radical (unpaired) electrons. The molecule has 1 saturated heterocycles. The number of halogens is 2. The van der Waals surface area contributed by atoms with Crippen LogP contribution >= 0.6 is 36.2 Å². The molecule has 25 heavy (non-hydrogen) atoms. The summed E-state index contributed by atoms with van der Waals surface area (Å²) in [6.45, 7) is 4.65. The van der Waals surface area contributed by atoms with Gasteiger partial charge in [0.1, 0.15) is 12.1 Å². The molecule has 1 saturated carbocycles. The molecular weight excluding hydrogens is 381 g/mol. The van der Waals surface area contributed by atoms with Crippen molar-refractivity contribution in [1.29, 1.82) is 0 Å². The summed E-state index contributed by atoms with van der Waals surface area (Å²) in [5.74, 6) is 2.03. The van der Waals surface area contributed by atoms with Crippen molar-refractivity contribution in [3.05, 3.63) is 17.8 Å². The quantitative estimate of drug-likeness (QED) is 0.828. The minimum absolute atomic E-state index is 0. The zero-order chi connectivity index (χ0) is 15.6. The molecule has 0 bridgehead atoms. The van der Waals surface area contributed by atoms with Gasteiger partial charge in [0.2, 0.25) is 5.91 Å². The van der Waals surface area contributed by atoms with E-state index in [1.807, 2.05) is 16.3 Å². The van der Waals surface area contributed by atoms with Crippen LogP contribution in [0.5, 0.6) is 0 Å². The summed E-state index contributed by atoms with van der Waals surface area (Å²) in [6, 6.07) is 2.02. The van der Waals surface area contributed by atoms with Gasteiger partial charge in [-0.3, -0.25) is 4.79 Å². The number of carbonyl (C=O) groups is 1. The Hall–Kier alpha value is -1.15. The molecule has 2 fully saturated rings. The molecule has 0 unspecified atom stereocenters. The highest BCUT2D eigenvalue weighted by molar-refractivity contribution is 7.17. The first-order chi connectivity index (χ1) is 11.3. The Morgan fingerprint density at radius 2 is 1.96 bits per heavy atom. The van der Waals surface area contributed by atoms with Crippen molar-refractivity contribution in [2.24, 2.45) is 5.92 Å². The van der Waals surface area contributed by atoms with E-state index in [2.05, 4.69) is 20.2 Å². The minimum Gasteiger partial charge on any atom is -0.352 e. The zero-order valence-electron chi connectivity index (χ0n) is 13.9. The zero-order valence-corrected chi connectivity index (χ0v) is 16.3. The van der Waals surface area contributed by atoms with Gasteiger partial charge in [0, 0.05) is 26.2 Å². The van der Waals surface area contributed by atoms with Crippen LogP contribution in [0.2, 0.25) is 0 Å². The molecule has 1 amide bonds. The van der Waals surface area contributed by atoms with E-state index in [9.17, 15) is 4.79 Å². The van der Waals surface area contributed by atoms with Crippen molar-refractivity contribution >= 4 is 58.1 Å². The second-order valence-corrected chi connectivity index (χ2v) is 7.19. The van der Waals surface area contributed by atoms with Crippen LogP contribution in [0.25, 0.3) is 10.2 Å². The predicted molar refractivity (Wildman–Crippen MR) is 106 cm³/mol. The molecule has 1 N–H and O–H groups in total. The first-order valence-electron chi connectivity index (χ1n) is 8.23. The van der Waals surface area contributed by atoms with Gasteiger partial charge in [0.25, 0.3) is 0 Å². The van der Waals surface area contributed by atoms with Crippen LogP contribution < -0.4 is 10.2 Å². The van der Waals surface area contributed by atoms with Crippen LogP contribution in [-0.2, 0) is 4.79 Å². The van der Waals surface area contributed by atoms with Crippen molar-refractivity contribution in [2.45, 2.75) is 12.8 Å². The van der Waals surface area contributed by atoms with Crippen LogP contribution in [0.3, 0.4) is 0 Å². The largest absolute Gasteiger partial charge is 0.352 e. The second-order valence-electron chi connectivity index (χ2n) is 6.27. The van der Waals surface area contributed by atoms with Gasteiger partial charge >= 0.3 is 0 Å². The Kier molecular flexibility index (Phi) is 7.25. The number of nitrogens with one attached hydrogen (secondary N) is 1. The van der Waals surface area contributed by atoms with E-state index in [1.54, 1.807) is 17.7 Å². The van der Waals surface area contributed by atoms with E-state index >= 15 is 0 Å². The third-order valence-corrected chi connectivity index (χ3v) is 5.46. The SMILES string of the molecule is Cl.Cl.O=C(CNCC1CC1)N1CCN(c2ncnc3ccsc23)CC1. The third-order valence-electron chi connectivity index (χ3n) is 4.56. The maximum atomic E-state index is 12.2. The average Bonchev–Trinajstić information content (AvgIpc) is 3.28. The molecule has 9 heteroatoms. The summed E-state index contributed by atoms with van der Waals surface area (Å²) in [5.41, 5.74) is 1.00. The van der Waals surface area contributed by atoms with Crippen LogP contribution in [0.1, 0.15) is 12.8 Å². The van der Waals surface area contributed by atoms with Gasteiger partial charge in [-0.1, -0.05) is 0 Å². The van der Waals surface area contributed by atoms with E-state index in [0.29, 0.717) is 6.54 Å². The van der Waals surface area contributed by atoms with Crippen LogP contribution in [0.4, 0.5) is 5.82 Å². The van der Waals surface area contributed by atoms with Crippen LogP contribution in [-0.4, -0.2) is 60.0 Å². The lowest BCUT2D eigenvalue weighted by Gasteiger charge is -2.35. The molecule has 0 spiro atoms. The maximum absolute atomic E-state index is 12.2. The molecule has 0 atom stereocenters. The first-order valence-corrected chi connectivity index (χ1v) is 9.11. The smallest absolute Gasteiger partial charge is 0.236 e. The molecule has 6 nitrogen and oxygen atoms in total. The fourth-order valence-electron chi connectivity index (χ4n) is 2.99. The lowest BCUT2D eigenvalue weighted by Crippen LogP contribution is -2.51. The Morgan fingerprint density at radius 3 is 2.68 bits per heavy atom. The normalized spacial score (nSPS) is 17.1. The Balaban J connectivity index is 0.00000113. The molecular formula is C16H23Cl2N5OS. The first kappa shape index (κ1) is 20.2. The van der Waals surface area contributed by atoms with Crippen molar-refractivity contribution < 1.29 is 4.79 Å². The number of anilines is 1. The topological polar surface area (TPSA) is 61.4 Å². The lowest BCUT2D eigenvalue weighted by atomic mass is 10.3. The van der Waals surface area contributed by atoms with Gasteiger partial charge in [0.15, 0.2) is 0 Å². The maximum Gasteiger partial charge on any atom is 0.236 e. The number of piperazine rings is 1. The number of amides is 1. The molecule has 1 aliphatic carbocycles. The average molecular weight is 404 g/mol. The van der Waals surface area contributed by atoms with Crippen molar-refractivity contribution in [3.63, 3.8) is 0 Å².